The summed E-state index contributed by atoms with van der Waals surface area (Å²) < 4.78 is 0. The molecule has 0 N–H and O–H groups in total. The summed E-state index contributed by atoms with van der Waals surface area (Å²) in [5.74, 6) is 2.73. The van der Waals surface area contributed by atoms with Crippen LogP contribution in [0.1, 0.15) is 108 Å². The zero-order chi connectivity index (χ0) is 20.8. The monoisotopic (exact) mass is 392 g/mol. The van der Waals surface area contributed by atoms with Gasteiger partial charge in [0.2, 0.25) is 0 Å². The molecule has 0 saturated heterocycles. The summed E-state index contributed by atoms with van der Waals surface area (Å²) in [7, 11) is 0. The fourth-order valence-electron chi connectivity index (χ4n) is 10.1. The topological polar surface area (TPSA) is 0 Å². The molecule has 0 nitrogen and oxygen atoms in total. The van der Waals surface area contributed by atoms with Crippen molar-refractivity contribution in [2.75, 3.05) is 0 Å². The van der Waals surface area contributed by atoms with Crippen LogP contribution in [0.25, 0.3) is 0 Å². The van der Waals surface area contributed by atoms with Crippen molar-refractivity contribution >= 4 is 0 Å². The molecule has 1 aromatic carbocycles. The fraction of sp³-hybridized carbons (Fsp3) is 0.793. The van der Waals surface area contributed by atoms with Crippen molar-refractivity contribution in [1.82, 2.24) is 0 Å². The summed E-state index contributed by atoms with van der Waals surface area (Å²) in [5.41, 5.74) is 8.55. The standard InChI is InChI=1S/C29H44/c1-19-9-11-22-21(20(19)2)10-12-24-27(22,5)17-14-25-28(6)16-8-15-26(3,4)23(28)13-18-29(24,25)7/h9,11,23-25H,8,10,12-18H2,1-7H3. The van der Waals surface area contributed by atoms with Crippen LogP contribution in [0.5, 0.6) is 0 Å². The van der Waals surface area contributed by atoms with E-state index in [2.05, 4.69) is 60.6 Å². The maximum atomic E-state index is 2.74. The molecule has 1 aromatic rings. The van der Waals surface area contributed by atoms with Gasteiger partial charge < -0.3 is 0 Å². The lowest BCUT2D eigenvalue weighted by Gasteiger charge is -2.69. The first-order valence-corrected chi connectivity index (χ1v) is 12.6. The molecule has 0 radical (unpaired) electrons. The Morgan fingerprint density at radius 1 is 0.724 bits per heavy atom. The number of benzene rings is 1. The Morgan fingerprint density at radius 2 is 1.41 bits per heavy atom. The first-order valence-electron chi connectivity index (χ1n) is 12.6. The van der Waals surface area contributed by atoms with Crippen LogP contribution in [0.15, 0.2) is 12.1 Å². The lowest BCUT2D eigenvalue weighted by molar-refractivity contribution is -0.181. The van der Waals surface area contributed by atoms with Gasteiger partial charge in [-0.05, 0) is 127 Å². The van der Waals surface area contributed by atoms with Gasteiger partial charge in [-0.3, -0.25) is 0 Å². The van der Waals surface area contributed by atoms with Crippen molar-refractivity contribution in [3.05, 3.63) is 34.4 Å². The highest BCUT2D eigenvalue weighted by molar-refractivity contribution is 5.46. The predicted octanol–water partition coefficient (Wildman–Crippen LogP) is 8.17. The van der Waals surface area contributed by atoms with Gasteiger partial charge in [0.1, 0.15) is 0 Å². The molecule has 0 spiro atoms. The van der Waals surface area contributed by atoms with Crippen molar-refractivity contribution in [1.29, 1.82) is 0 Å². The van der Waals surface area contributed by atoms with Crippen molar-refractivity contribution in [3.63, 3.8) is 0 Å². The van der Waals surface area contributed by atoms with Crippen LogP contribution in [0.3, 0.4) is 0 Å². The van der Waals surface area contributed by atoms with Crippen molar-refractivity contribution in [2.24, 2.45) is 34.0 Å². The van der Waals surface area contributed by atoms with Gasteiger partial charge in [-0.2, -0.15) is 0 Å². The van der Waals surface area contributed by atoms with Crippen molar-refractivity contribution < 1.29 is 0 Å². The molecule has 4 aliphatic rings. The lowest BCUT2D eigenvalue weighted by atomic mass is 9.35. The Balaban J connectivity index is 1.58. The van der Waals surface area contributed by atoms with E-state index in [0.717, 1.165) is 17.8 Å². The molecular formula is C29H44. The van der Waals surface area contributed by atoms with Crippen LogP contribution >= 0.6 is 0 Å². The van der Waals surface area contributed by atoms with Crippen molar-refractivity contribution in [3.8, 4) is 0 Å². The molecule has 0 aromatic heterocycles. The van der Waals surface area contributed by atoms with E-state index in [1.807, 2.05) is 0 Å². The Labute approximate surface area is 180 Å². The second-order valence-electron chi connectivity index (χ2n) is 13.1. The fourth-order valence-corrected chi connectivity index (χ4v) is 10.1. The van der Waals surface area contributed by atoms with Crippen LogP contribution in [-0.4, -0.2) is 0 Å². The normalized spacial score (nSPS) is 45.6. The highest BCUT2D eigenvalue weighted by Crippen LogP contribution is 2.72. The van der Waals surface area contributed by atoms with E-state index in [0.29, 0.717) is 21.7 Å². The quantitative estimate of drug-likeness (QED) is 0.417. The highest BCUT2D eigenvalue weighted by Gasteiger charge is 2.64. The second-order valence-corrected chi connectivity index (χ2v) is 13.1. The molecule has 3 saturated carbocycles. The summed E-state index contributed by atoms with van der Waals surface area (Å²) in [6, 6.07) is 4.95. The minimum absolute atomic E-state index is 0.394. The summed E-state index contributed by atoms with van der Waals surface area (Å²) in [6.07, 6.45) is 12.9. The Morgan fingerprint density at radius 3 is 2.17 bits per heavy atom. The molecule has 0 heterocycles. The minimum atomic E-state index is 0.394. The maximum Gasteiger partial charge on any atom is -0.00387 e. The van der Waals surface area contributed by atoms with Crippen LogP contribution < -0.4 is 0 Å². The van der Waals surface area contributed by atoms with E-state index < -0.39 is 0 Å². The molecule has 160 valence electrons. The van der Waals surface area contributed by atoms with Crippen LogP contribution in [-0.2, 0) is 11.8 Å². The average Bonchev–Trinajstić information content (AvgIpc) is 2.63. The molecule has 29 heavy (non-hydrogen) atoms. The van der Waals surface area contributed by atoms with Crippen molar-refractivity contribution in [2.45, 2.75) is 112 Å². The minimum Gasteiger partial charge on any atom is -0.0596 e. The van der Waals surface area contributed by atoms with E-state index in [-0.39, 0.29) is 0 Å². The summed E-state index contributed by atoms with van der Waals surface area (Å²) in [4.78, 5) is 0. The first-order chi connectivity index (χ1) is 13.5. The first kappa shape index (κ1) is 20.1. The molecule has 4 aliphatic carbocycles. The summed E-state index contributed by atoms with van der Waals surface area (Å²) in [6.45, 7) is 18.0. The molecule has 0 amide bonds. The maximum absolute atomic E-state index is 2.74. The Hall–Kier alpha value is -0.780. The number of hydrogen-bond donors (Lipinski definition) is 0. The molecular weight excluding hydrogens is 348 g/mol. The van der Waals surface area contributed by atoms with E-state index in [4.69, 9.17) is 0 Å². The van der Waals surface area contributed by atoms with Crippen LogP contribution in [0.4, 0.5) is 0 Å². The Bertz CT molecular complexity index is 831. The number of aryl methyl sites for hydroxylation is 1. The molecule has 6 atom stereocenters. The van der Waals surface area contributed by atoms with Gasteiger partial charge in [0.05, 0.1) is 0 Å². The van der Waals surface area contributed by atoms with Crippen LogP contribution in [0, 0.1) is 47.8 Å². The number of rotatable bonds is 0. The molecule has 5 rings (SSSR count). The van der Waals surface area contributed by atoms with Gasteiger partial charge in [0.15, 0.2) is 0 Å². The van der Waals surface area contributed by atoms with E-state index >= 15 is 0 Å². The van der Waals surface area contributed by atoms with Gasteiger partial charge in [-0.1, -0.05) is 53.2 Å². The molecule has 0 bridgehead atoms. The second kappa shape index (κ2) is 6.14. The molecule has 3 fully saturated rings. The van der Waals surface area contributed by atoms with Gasteiger partial charge >= 0.3 is 0 Å². The van der Waals surface area contributed by atoms with Crippen LogP contribution in [0.2, 0.25) is 0 Å². The zero-order valence-electron chi connectivity index (χ0n) is 20.3. The van der Waals surface area contributed by atoms with E-state index in [1.54, 1.807) is 16.7 Å². The third kappa shape index (κ3) is 2.50. The molecule has 0 heteroatoms. The van der Waals surface area contributed by atoms with Gasteiger partial charge in [-0.25, -0.2) is 0 Å². The highest BCUT2D eigenvalue weighted by atomic mass is 14.7. The summed E-state index contributed by atoms with van der Waals surface area (Å²) in [5, 5.41) is 0. The predicted molar refractivity (Wildman–Crippen MR) is 124 cm³/mol. The van der Waals surface area contributed by atoms with Gasteiger partial charge in [-0.15, -0.1) is 0 Å². The SMILES string of the molecule is Cc1ccc2c(c1C)CCC1C2(C)CCC2C3(C)CCCC(C)(C)C3CCC12C. The van der Waals surface area contributed by atoms with E-state index in [1.165, 1.54) is 63.4 Å². The van der Waals surface area contributed by atoms with Gasteiger partial charge in [0.25, 0.3) is 0 Å². The third-order valence-corrected chi connectivity index (χ3v) is 11.5. The Kier molecular flexibility index (Phi) is 4.26. The smallest absolute Gasteiger partial charge is 0.00387 e. The average molecular weight is 393 g/mol. The molecule has 0 aliphatic heterocycles. The molecule has 6 unspecified atom stereocenters. The number of hydrogen-bond acceptors (Lipinski definition) is 0. The lowest BCUT2D eigenvalue weighted by Crippen LogP contribution is -2.62. The largest absolute Gasteiger partial charge is 0.0596 e. The van der Waals surface area contributed by atoms with Gasteiger partial charge in [0, 0.05) is 0 Å². The number of fused-ring (bicyclic) bond motifs is 7. The summed E-state index contributed by atoms with van der Waals surface area (Å²) >= 11 is 0. The third-order valence-electron chi connectivity index (χ3n) is 11.5. The zero-order valence-corrected chi connectivity index (χ0v) is 20.3. The van der Waals surface area contributed by atoms with E-state index in [9.17, 15) is 0 Å².